The Morgan fingerprint density at radius 3 is 1.20 bits per heavy atom. The molecular weight excluding hydrogens is 733 g/mol. The molecule has 0 saturated heterocycles. The molecule has 0 radical (unpaired) electrons. The number of carbonyl (C=O) groups excluding carboxylic acids is 3. The molecule has 6 nitrogen and oxygen atoms in total. The van der Waals surface area contributed by atoms with E-state index in [1.807, 2.05) is 54.7 Å². The highest BCUT2D eigenvalue weighted by Crippen LogP contribution is 2.12. The van der Waals surface area contributed by atoms with Gasteiger partial charge in [-0.3, -0.25) is 14.4 Å². The molecule has 0 heterocycles. The fourth-order valence-corrected chi connectivity index (χ4v) is 5.70. The van der Waals surface area contributed by atoms with Crippen molar-refractivity contribution in [2.45, 2.75) is 181 Å². The van der Waals surface area contributed by atoms with Gasteiger partial charge in [0.2, 0.25) is 0 Å². The largest absolute Gasteiger partial charge is 0.462 e. The molecule has 0 aromatic rings. The minimum atomic E-state index is -0.822. The van der Waals surface area contributed by atoms with Crippen LogP contribution in [0.5, 0.6) is 0 Å². The molecule has 0 saturated carbocycles. The second-order valence-corrected chi connectivity index (χ2v) is 14.6. The van der Waals surface area contributed by atoms with E-state index in [0.29, 0.717) is 19.3 Å². The summed E-state index contributed by atoms with van der Waals surface area (Å²) in [5.41, 5.74) is 0. The van der Waals surface area contributed by atoms with Crippen LogP contribution in [0.3, 0.4) is 0 Å². The number of unbranched alkanes of at least 4 members (excludes halogenated alkanes) is 12. The van der Waals surface area contributed by atoms with E-state index in [9.17, 15) is 14.4 Å². The van der Waals surface area contributed by atoms with Crippen LogP contribution in [0.25, 0.3) is 0 Å². The molecule has 0 aromatic carbocycles. The topological polar surface area (TPSA) is 78.9 Å². The van der Waals surface area contributed by atoms with Crippen molar-refractivity contribution in [3.63, 3.8) is 0 Å². The fraction of sp³-hybridized carbons (Fsp3) is 0.566. The predicted octanol–water partition coefficient (Wildman–Crippen LogP) is 15.0. The lowest BCUT2D eigenvalue weighted by Gasteiger charge is -2.18. The maximum atomic E-state index is 12.7. The Hall–Kier alpha value is -4.19. The third-order valence-electron chi connectivity index (χ3n) is 9.07. The Balaban J connectivity index is 4.57. The van der Waals surface area contributed by atoms with Crippen LogP contribution in [-0.2, 0) is 28.6 Å². The number of allylic oxidation sites excluding steroid dienone is 20. The Morgan fingerprint density at radius 2 is 0.712 bits per heavy atom. The van der Waals surface area contributed by atoms with Gasteiger partial charge in [-0.1, -0.05) is 187 Å². The maximum Gasteiger partial charge on any atom is 0.306 e. The molecule has 0 aromatic heterocycles. The fourth-order valence-electron chi connectivity index (χ4n) is 5.70. The van der Waals surface area contributed by atoms with Crippen LogP contribution >= 0.6 is 0 Å². The molecule has 1 atom stereocenters. The summed E-state index contributed by atoms with van der Waals surface area (Å²) in [5.74, 6) is -1.04. The van der Waals surface area contributed by atoms with Crippen LogP contribution in [0.15, 0.2) is 122 Å². The molecule has 0 rings (SSSR count). The number of hydrogen-bond acceptors (Lipinski definition) is 6. The summed E-state index contributed by atoms with van der Waals surface area (Å²) in [6.07, 6.45) is 63.3. The molecule has 0 aliphatic heterocycles. The summed E-state index contributed by atoms with van der Waals surface area (Å²) < 4.78 is 16.6. The van der Waals surface area contributed by atoms with Crippen LogP contribution in [0.2, 0.25) is 0 Å². The van der Waals surface area contributed by atoms with Crippen molar-refractivity contribution < 1.29 is 28.6 Å². The standard InChI is InChI=1S/C53H82O6/c1-4-7-10-13-16-19-22-25-28-31-34-37-40-43-46-52(55)58-49-50(48-57-51(54)45-42-39-36-33-30-27-24-21-18-15-12-9-6-3)59-53(56)47-44-41-38-35-32-29-26-23-20-17-14-11-8-5-2/h7-12,15-21,24-25,27-28,30,33,36,50H,4-6,13-14,22-23,26,29,31-32,34-35,37-49H2,1-3H3/b10-7-,11-8-,12-9-,18-15-,19-16-,20-17-,24-21-,28-25-,30-27-,36-33-. The zero-order valence-corrected chi connectivity index (χ0v) is 37.5. The first kappa shape index (κ1) is 54.8. The molecule has 0 aliphatic rings. The summed E-state index contributed by atoms with van der Waals surface area (Å²) in [7, 11) is 0. The van der Waals surface area contributed by atoms with Gasteiger partial charge in [0.1, 0.15) is 13.2 Å². The van der Waals surface area contributed by atoms with Gasteiger partial charge in [-0.2, -0.15) is 0 Å². The molecule has 59 heavy (non-hydrogen) atoms. The Kier molecular flexibility index (Phi) is 43.2. The van der Waals surface area contributed by atoms with E-state index in [0.717, 1.165) is 109 Å². The minimum absolute atomic E-state index is 0.120. The van der Waals surface area contributed by atoms with E-state index >= 15 is 0 Å². The number of ether oxygens (including phenoxy) is 3. The molecule has 0 N–H and O–H groups in total. The molecule has 1 unspecified atom stereocenters. The minimum Gasteiger partial charge on any atom is -0.462 e. The zero-order valence-electron chi connectivity index (χ0n) is 37.5. The highest BCUT2D eigenvalue weighted by atomic mass is 16.6. The van der Waals surface area contributed by atoms with Gasteiger partial charge in [0.25, 0.3) is 0 Å². The van der Waals surface area contributed by atoms with E-state index in [1.165, 1.54) is 19.3 Å². The first-order valence-corrected chi connectivity index (χ1v) is 23.1. The first-order chi connectivity index (χ1) is 29.0. The van der Waals surface area contributed by atoms with Gasteiger partial charge in [-0.15, -0.1) is 0 Å². The van der Waals surface area contributed by atoms with E-state index < -0.39 is 6.10 Å². The molecule has 6 heteroatoms. The number of hydrogen-bond donors (Lipinski definition) is 0. The quantitative estimate of drug-likeness (QED) is 0.0202. The second-order valence-electron chi connectivity index (χ2n) is 14.6. The predicted molar refractivity (Wildman–Crippen MR) is 251 cm³/mol. The van der Waals surface area contributed by atoms with E-state index in [4.69, 9.17) is 14.2 Å². The summed E-state index contributed by atoms with van der Waals surface area (Å²) in [6, 6.07) is 0. The van der Waals surface area contributed by atoms with Crippen molar-refractivity contribution in [2.24, 2.45) is 0 Å². The van der Waals surface area contributed by atoms with Gasteiger partial charge in [0.15, 0.2) is 6.10 Å². The van der Waals surface area contributed by atoms with E-state index in [1.54, 1.807) is 0 Å². The molecule has 330 valence electrons. The smallest absolute Gasteiger partial charge is 0.306 e. The highest BCUT2D eigenvalue weighted by molar-refractivity contribution is 5.71. The second kappa shape index (κ2) is 46.5. The lowest BCUT2D eigenvalue weighted by atomic mass is 10.1. The van der Waals surface area contributed by atoms with Crippen LogP contribution in [0, 0.1) is 0 Å². The Bertz CT molecular complexity index is 1300. The Labute approximate surface area is 361 Å². The van der Waals surface area contributed by atoms with Gasteiger partial charge in [-0.25, -0.2) is 0 Å². The van der Waals surface area contributed by atoms with E-state index in [-0.39, 0.29) is 37.5 Å². The highest BCUT2D eigenvalue weighted by Gasteiger charge is 2.19. The third kappa shape index (κ3) is 44.8. The normalized spacial score (nSPS) is 13.2. The summed E-state index contributed by atoms with van der Waals surface area (Å²) in [4.78, 5) is 37.8. The van der Waals surface area contributed by atoms with Crippen molar-refractivity contribution in [3.8, 4) is 0 Å². The average molecular weight is 815 g/mol. The molecule has 0 aliphatic carbocycles. The monoisotopic (exact) mass is 815 g/mol. The molecule has 0 bridgehead atoms. The molecule has 0 spiro atoms. The lowest BCUT2D eigenvalue weighted by molar-refractivity contribution is -0.167. The van der Waals surface area contributed by atoms with Crippen LogP contribution in [-0.4, -0.2) is 37.2 Å². The molecular formula is C53H82O6. The number of carbonyl (C=O) groups is 3. The lowest BCUT2D eigenvalue weighted by Crippen LogP contribution is -2.30. The Morgan fingerprint density at radius 1 is 0.356 bits per heavy atom. The summed E-state index contributed by atoms with van der Waals surface area (Å²) in [6.45, 7) is 6.15. The van der Waals surface area contributed by atoms with Gasteiger partial charge in [-0.05, 0) is 89.9 Å². The maximum absolute atomic E-state index is 12.7. The zero-order chi connectivity index (χ0) is 43.0. The number of esters is 3. The van der Waals surface area contributed by atoms with Crippen molar-refractivity contribution >= 4 is 17.9 Å². The van der Waals surface area contributed by atoms with Crippen molar-refractivity contribution in [3.05, 3.63) is 122 Å². The summed E-state index contributed by atoms with van der Waals surface area (Å²) in [5, 5.41) is 0. The molecule has 0 amide bonds. The van der Waals surface area contributed by atoms with Gasteiger partial charge in [0.05, 0.1) is 0 Å². The van der Waals surface area contributed by atoms with Gasteiger partial charge < -0.3 is 14.2 Å². The van der Waals surface area contributed by atoms with Crippen LogP contribution in [0.1, 0.15) is 175 Å². The van der Waals surface area contributed by atoms with Crippen LogP contribution < -0.4 is 0 Å². The van der Waals surface area contributed by atoms with Crippen molar-refractivity contribution in [1.29, 1.82) is 0 Å². The van der Waals surface area contributed by atoms with Crippen molar-refractivity contribution in [1.82, 2.24) is 0 Å². The van der Waals surface area contributed by atoms with Crippen LogP contribution in [0.4, 0.5) is 0 Å². The third-order valence-corrected chi connectivity index (χ3v) is 9.07. The van der Waals surface area contributed by atoms with E-state index in [2.05, 4.69) is 87.6 Å². The van der Waals surface area contributed by atoms with Crippen molar-refractivity contribution in [2.75, 3.05) is 13.2 Å². The van der Waals surface area contributed by atoms with Gasteiger partial charge in [0, 0.05) is 19.3 Å². The molecule has 0 fully saturated rings. The average Bonchev–Trinajstić information content (AvgIpc) is 3.23. The summed E-state index contributed by atoms with van der Waals surface area (Å²) >= 11 is 0. The SMILES string of the molecule is CC\C=C/C=C\C=C/C=C\C=C/CCCC(=O)OCC(COC(=O)CCCCCC/C=C\C/C=C\C/C=C\CC)OC(=O)CCCCCCCCC/C=C\C/C=C\CC. The first-order valence-electron chi connectivity index (χ1n) is 23.1. The number of rotatable bonds is 39. The van der Waals surface area contributed by atoms with Gasteiger partial charge >= 0.3 is 17.9 Å².